The fraction of sp³-hybridized carbons (Fsp3) is 0.167. The molecule has 100 valence electrons. The first-order chi connectivity index (χ1) is 9.02. The van der Waals surface area contributed by atoms with E-state index in [4.69, 9.17) is 15.6 Å². The maximum absolute atomic E-state index is 10.8. The fourth-order valence-electron chi connectivity index (χ4n) is 1.47. The monoisotopic (exact) mass is 342 g/mol. The lowest BCUT2D eigenvalue weighted by molar-refractivity contribution is -0.138. The quantitative estimate of drug-likeness (QED) is 0.891. The van der Waals surface area contributed by atoms with E-state index in [-0.39, 0.29) is 0 Å². The van der Waals surface area contributed by atoms with Crippen LogP contribution in [0, 0.1) is 0 Å². The predicted molar refractivity (Wildman–Crippen MR) is 76.4 cm³/mol. The van der Waals surface area contributed by atoms with Crippen LogP contribution < -0.4 is 10.5 Å². The number of carboxylic acids is 1. The molecule has 7 heteroatoms. The van der Waals surface area contributed by atoms with E-state index in [1.807, 2.05) is 18.2 Å². The molecule has 3 N–H and O–H groups in total. The molecule has 0 spiro atoms. The molecule has 0 bridgehead atoms. The zero-order valence-corrected chi connectivity index (χ0v) is 12.4. The van der Waals surface area contributed by atoms with Crippen molar-refractivity contribution in [3.8, 4) is 16.3 Å². The Balaban J connectivity index is 2.40. The van der Waals surface area contributed by atoms with Crippen molar-refractivity contribution in [2.45, 2.75) is 6.04 Å². The highest BCUT2D eigenvalue weighted by molar-refractivity contribution is 9.10. The number of thiazole rings is 1. The van der Waals surface area contributed by atoms with E-state index in [0.29, 0.717) is 16.5 Å². The van der Waals surface area contributed by atoms with Crippen LogP contribution >= 0.6 is 27.3 Å². The lowest BCUT2D eigenvalue weighted by atomic mass is 10.2. The molecule has 1 aromatic heterocycles. The van der Waals surface area contributed by atoms with E-state index in [1.54, 1.807) is 12.5 Å². The van der Waals surface area contributed by atoms with Gasteiger partial charge in [-0.05, 0) is 18.2 Å². The van der Waals surface area contributed by atoms with Crippen LogP contribution in [0.2, 0.25) is 0 Å². The third-order valence-electron chi connectivity index (χ3n) is 2.51. The van der Waals surface area contributed by atoms with Crippen molar-refractivity contribution in [3.63, 3.8) is 0 Å². The first-order valence-electron chi connectivity index (χ1n) is 5.30. The summed E-state index contributed by atoms with van der Waals surface area (Å²) in [5, 5.41) is 11.2. The minimum atomic E-state index is -1.10. The molecule has 0 saturated heterocycles. The number of hydrogen-bond donors (Lipinski definition) is 2. The Labute approximate surface area is 122 Å². The zero-order chi connectivity index (χ0) is 14.0. The maximum atomic E-state index is 10.8. The molecule has 0 amide bonds. The number of nitrogens with zero attached hydrogens (tertiary/aromatic N) is 1. The van der Waals surface area contributed by atoms with Gasteiger partial charge in [0, 0.05) is 15.4 Å². The standard InChI is InChI=1S/C12H11BrN2O3S/c1-18-6-2-3-8(13)7(4-6)11-15-9(5-19-11)10(14)12(16)17/h2-5,10H,14H2,1H3,(H,16,17). The molecule has 2 aromatic rings. The smallest absolute Gasteiger partial charge is 0.326 e. The fourth-order valence-corrected chi connectivity index (χ4v) is 2.93. The first kappa shape index (κ1) is 14.0. The van der Waals surface area contributed by atoms with Crippen LogP contribution in [-0.4, -0.2) is 23.2 Å². The van der Waals surface area contributed by atoms with Crippen molar-refractivity contribution in [1.82, 2.24) is 4.98 Å². The summed E-state index contributed by atoms with van der Waals surface area (Å²) in [5.41, 5.74) is 6.72. The molecule has 5 nitrogen and oxygen atoms in total. The summed E-state index contributed by atoms with van der Waals surface area (Å²) in [4.78, 5) is 15.1. The Kier molecular flexibility index (Phi) is 4.18. The van der Waals surface area contributed by atoms with Crippen LogP contribution in [0.4, 0.5) is 0 Å². The third-order valence-corrected chi connectivity index (χ3v) is 4.10. The zero-order valence-electron chi connectivity index (χ0n) is 9.96. The number of halogens is 1. The summed E-state index contributed by atoms with van der Waals surface area (Å²) >= 11 is 4.78. The predicted octanol–water partition coefficient (Wildman–Crippen LogP) is 2.67. The normalized spacial score (nSPS) is 12.2. The molecule has 0 radical (unpaired) electrons. The SMILES string of the molecule is COc1ccc(Br)c(-c2nc(C(N)C(=O)O)cs2)c1. The van der Waals surface area contributed by atoms with E-state index in [2.05, 4.69) is 20.9 Å². The number of hydrogen-bond acceptors (Lipinski definition) is 5. The summed E-state index contributed by atoms with van der Waals surface area (Å²) in [6.07, 6.45) is 0. The van der Waals surface area contributed by atoms with Gasteiger partial charge >= 0.3 is 5.97 Å². The molecular weight excluding hydrogens is 332 g/mol. The number of ether oxygens (including phenoxy) is 1. The Morgan fingerprint density at radius 1 is 1.58 bits per heavy atom. The summed E-state index contributed by atoms with van der Waals surface area (Å²) in [7, 11) is 1.58. The van der Waals surface area contributed by atoms with Gasteiger partial charge in [0.2, 0.25) is 0 Å². The first-order valence-corrected chi connectivity index (χ1v) is 6.98. The highest BCUT2D eigenvalue weighted by Gasteiger charge is 2.19. The Morgan fingerprint density at radius 3 is 2.95 bits per heavy atom. The van der Waals surface area contributed by atoms with Crippen LogP contribution in [0.15, 0.2) is 28.1 Å². The van der Waals surface area contributed by atoms with E-state index < -0.39 is 12.0 Å². The van der Waals surface area contributed by atoms with Gasteiger partial charge in [-0.15, -0.1) is 11.3 Å². The van der Waals surface area contributed by atoms with E-state index in [9.17, 15) is 4.79 Å². The second kappa shape index (κ2) is 5.68. The minimum Gasteiger partial charge on any atom is -0.497 e. The molecule has 1 aromatic carbocycles. The van der Waals surface area contributed by atoms with Gasteiger partial charge in [-0.25, -0.2) is 4.98 Å². The minimum absolute atomic E-state index is 0.349. The molecular formula is C12H11BrN2O3S. The molecule has 1 atom stereocenters. The van der Waals surface area contributed by atoms with Crippen molar-refractivity contribution in [2.24, 2.45) is 5.73 Å². The summed E-state index contributed by atoms with van der Waals surface area (Å²) in [6, 6.07) is 4.41. The Morgan fingerprint density at radius 2 is 2.32 bits per heavy atom. The lowest BCUT2D eigenvalue weighted by Crippen LogP contribution is -2.20. The second-order valence-corrected chi connectivity index (χ2v) is 5.45. The van der Waals surface area contributed by atoms with Crippen LogP contribution in [-0.2, 0) is 4.79 Å². The number of nitrogens with two attached hydrogens (primary N) is 1. The van der Waals surface area contributed by atoms with Gasteiger partial charge in [-0.1, -0.05) is 15.9 Å². The summed E-state index contributed by atoms with van der Waals surface area (Å²) in [6.45, 7) is 0. The Hall–Kier alpha value is -1.44. The summed E-state index contributed by atoms with van der Waals surface area (Å²) < 4.78 is 6.02. The largest absolute Gasteiger partial charge is 0.497 e. The van der Waals surface area contributed by atoms with E-state index in [0.717, 1.165) is 10.0 Å². The lowest BCUT2D eigenvalue weighted by Gasteiger charge is -2.05. The third kappa shape index (κ3) is 2.94. The van der Waals surface area contributed by atoms with Crippen molar-refractivity contribution >= 4 is 33.2 Å². The average Bonchev–Trinajstić information content (AvgIpc) is 2.87. The van der Waals surface area contributed by atoms with Crippen molar-refractivity contribution in [2.75, 3.05) is 7.11 Å². The summed E-state index contributed by atoms with van der Waals surface area (Å²) in [5.74, 6) is -0.390. The number of methoxy groups -OCH3 is 1. The molecule has 0 aliphatic rings. The molecule has 2 rings (SSSR count). The molecule has 1 unspecified atom stereocenters. The van der Waals surface area contributed by atoms with Crippen LogP contribution in [0.1, 0.15) is 11.7 Å². The van der Waals surface area contributed by atoms with E-state index >= 15 is 0 Å². The van der Waals surface area contributed by atoms with Crippen LogP contribution in [0.25, 0.3) is 10.6 Å². The van der Waals surface area contributed by atoms with E-state index in [1.165, 1.54) is 11.3 Å². The molecule has 0 saturated carbocycles. The van der Waals surface area contributed by atoms with Crippen molar-refractivity contribution < 1.29 is 14.6 Å². The van der Waals surface area contributed by atoms with Crippen LogP contribution in [0.5, 0.6) is 5.75 Å². The number of carboxylic acid groups (broad SMARTS) is 1. The maximum Gasteiger partial charge on any atom is 0.326 e. The number of carbonyl (C=O) groups is 1. The van der Waals surface area contributed by atoms with Crippen LogP contribution in [0.3, 0.4) is 0 Å². The highest BCUT2D eigenvalue weighted by Crippen LogP contribution is 2.34. The van der Waals surface area contributed by atoms with Gasteiger partial charge in [0.15, 0.2) is 0 Å². The van der Waals surface area contributed by atoms with Gasteiger partial charge in [-0.3, -0.25) is 4.79 Å². The molecule has 0 aliphatic heterocycles. The molecule has 0 aliphatic carbocycles. The van der Waals surface area contributed by atoms with Crippen molar-refractivity contribution in [1.29, 1.82) is 0 Å². The average molecular weight is 343 g/mol. The number of aromatic nitrogens is 1. The number of rotatable bonds is 4. The molecule has 1 heterocycles. The van der Waals surface area contributed by atoms with Gasteiger partial charge in [0.1, 0.15) is 16.8 Å². The Bertz CT molecular complexity index is 615. The second-order valence-electron chi connectivity index (χ2n) is 3.74. The van der Waals surface area contributed by atoms with Gasteiger partial charge in [0.25, 0.3) is 0 Å². The molecule has 0 fully saturated rings. The highest BCUT2D eigenvalue weighted by atomic mass is 79.9. The van der Waals surface area contributed by atoms with Gasteiger partial charge in [0.05, 0.1) is 12.8 Å². The number of benzene rings is 1. The molecule has 19 heavy (non-hydrogen) atoms. The van der Waals surface area contributed by atoms with Gasteiger partial charge in [-0.2, -0.15) is 0 Å². The van der Waals surface area contributed by atoms with Crippen molar-refractivity contribution in [3.05, 3.63) is 33.7 Å². The number of aliphatic carboxylic acids is 1. The van der Waals surface area contributed by atoms with Gasteiger partial charge < -0.3 is 15.6 Å². The topological polar surface area (TPSA) is 85.4 Å².